The van der Waals surface area contributed by atoms with E-state index in [4.69, 9.17) is 19.9 Å². The minimum atomic E-state index is -0.630. The van der Waals surface area contributed by atoms with E-state index in [-0.39, 0.29) is 18.1 Å². The molecular weight excluding hydrogens is 392 g/mol. The van der Waals surface area contributed by atoms with Gasteiger partial charge in [0, 0.05) is 0 Å². The van der Waals surface area contributed by atoms with E-state index < -0.39 is 11.9 Å². The summed E-state index contributed by atoms with van der Waals surface area (Å²) in [4.78, 5) is 12.6. The van der Waals surface area contributed by atoms with E-state index in [9.17, 15) is 10.1 Å². The molecule has 6 nitrogen and oxygen atoms in total. The summed E-state index contributed by atoms with van der Waals surface area (Å²) < 4.78 is 16.5. The lowest BCUT2D eigenvalue weighted by Gasteiger charge is -2.26. The molecular formula is C25H34N2O4. The van der Waals surface area contributed by atoms with E-state index in [1.165, 1.54) is 38.5 Å². The second-order valence-corrected chi connectivity index (χ2v) is 7.65. The van der Waals surface area contributed by atoms with E-state index in [0.29, 0.717) is 17.9 Å². The Balaban J connectivity index is 2.04. The van der Waals surface area contributed by atoms with Crippen molar-refractivity contribution in [1.29, 1.82) is 5.26 Å². The van der Waals surface area contributed by atoms with Crippen molar-refractivity contribution in [2.24, 2.45) is 5.73 Å². The number of allylic oxidation sites excluding steroid dienone is 2. The van der Waals surface area contributed by atoms with Gasteiger partial charge in [0.15, 0.2) is 0 Å². The fraction of sp³-hybridized carbons (Fsp3) is 0.520. The summed E-state index contributed by atoms with van der Waals surface area (Å²) in [5.41, 5.74) is 7.18. The van der Waals surface area contributed by atoms with Gasteiger partial charge in [0.1, 0.15) is 23.2 Å². The monoisotopic (exact) mass is 426 g/mol. The van der Waals surface area contributed by atoms with E-state index >= 15 is 0 Å². The standard InChI is InChI=1S/C25H34N2O4/c1-4-6-7-8-9-10-11-16-30-20-14-12-19(13-15-20)23-21(17-26)24(27)31-18(3)22(23)25(28)29-5-2/h12-15,23H,4-11,16,27H2,1-3H3. The molecule has 0 bridgehead atoms. The maximum Gasteiger partial charge on any atom is 0.338 e. The smallest absolute Gasteiger partial charge is 0.338 e. The average Bonchev–Trinajstić information content (AvgIpc) is 2.75. The van der Waals surface area contributed by atoms with Crippen LogP contribution in [0.1, 0.15) is 77.2 Å². The van der Waals surface area contributed by atoms with Crippen molar-refractivity contribution in [2.75, 3.05) is 13.2 Å². The summed E-state index contributed by atoms with van der Waals surface area (Å²) >= 11 is 0. The Morgan fingerprint density at radius 2 is 1.74 bits per heavy atom. The van der Waals surface area contributed by atoms with Crippen molar-refractivity contribution >= 4 is 5.97 Å². The highest BCUT2D eigenvalue weighted by molar-refractivity contribution is 5.92. The second-order valence-electron chi connectivity index (χ2n) is 7.65. The number of hydrogen-bond acceptors (Lipinski definition) is 6. The number of nitrogens with two attached hydrogens (primary N) is 1. The van der Waals surface area contributed by atoms with Crippen LogP contribution < -0.4 is 10.5 Å². The second kappa shape index (κ2) is 12.7. The van der Waals surface area contributed by atoms with Crippen LogP contribution in [-0.2, 0) is 14.3 Å². The summed E-state index contributed by atoms with van der Waals surface area (Å²) in [5.74, 6) is -0.0216. The molecule has 0 aliphatic carbocycles. The number of hydrogen-bond donors (Lipinski definition) is 1. The summed E-state index contributed by atoms with van der Waals surface area (Å²) in [5, 5.41) is 9.63. The molecule has 0 saturated heterocycles. The lowest BCUT2D eigenvalue weighted by Crippen LogP contribution is -2.25. The number of nitriles is 1. The van der Waals surface area contributed by atoms with Crippen LogP contribution in [0.4, 0.5) is 0 Å². The van der Waals surface area contributed by atoms with Gasteiger partial charge in [0.25, 0.3) is 0 Å². The third-order valence-electron chi connectivity index (χ3n) is 5.33. The summed E-state index contributed by atoms with van der Waals surface area (Å²) in [6.07, 6.45) is 8.64. The zero-order valence-corrected chi connectivity index (χ0v) is 18.9. The number of nitrogens with zero attached hydrogens (tertiary/aromatic N) is 1. The Morgan fingerprint density at radius 3 is 2.35 bits per heavy atom. The van der Waals surface area contributed by atoms with Crippen molar-refractivity contribution in [3.05, 3.63) is 52.6 Å². The van der Waals surface area contributed by atoms with Crippen molar-refractivity contribution in [3.63, 3.8) is 0 Å². The lowest BCUT2D eigenvalue weighted by atomic mass is 9.83. The molecule has 0 aromatic heterocycles. The van der Waals surface area contributed by atoms with Gasteiger partial charge in [-0.25, -0.2) is 4.79 Å². The van der Waals surface area contributed by atoms with Crippen LogP contribution in [0.15, 0.2) is 47.1 Å². The molecule has 2 N–H and O–H groups in total. The fourth-order valence-corrected chi connectivity index (χ4v) is 3.69. The highest BCUT2D eigenvalue weighted by atomic mass is 16.5. The normalized spacial score (nSPS) is 16.0. The van der Waals surface area contributed by atoms with Gasteiger partial charge >= 0.3 is 5.97 Å². The van der Waals surface area contributed by atoms with Gasteiger partial charge < -0.3 is 19.9 Å². The first-order chi connectivity index (χ1) is 15.0. The van der Waals surface area contributed by atoms with Crippen molar-refractivity contribution in [3.8, 4) is 11.8 Å². The number of benzene rings is 1. The summed E-state index contributed by atoms with van der Waals surface area (Å²) in [6, 6.07) is 9.51. The predicted molar refractivity (Wildman–Crippen MR) is 120 cm³/mol. The number of carbonyl (C=O) groups excluding carboxylic acids is 1. The number of unbranched alkanes of at least 4 members (excludes halogenated alkanes) is 6. The van der Waals surface area contributed by atoms with E-state index in [1.54, 1.807) is 13.8 Å². The van der Waals surface area contributed by atoms with Gasteiger partial charge in [-0.2, -0.15) is 5.26 Å². The molecule has 6 heteroatoms. The lowest BCUT2D eigenvalue weighted by molar-refractivity contribution is -0.139. The molecule has 1 aromatic rings. The molecule has 31 heavy (non-hydrogen) atoms. The molecule has 1 atom stereocenters. The minimum absolute atomic E-state index is 0.0114. The minimum Gasteiger partial charge on any atom is -0.494 e. The van der Waals surface area contributed by atoms with Gasteiger partial charge in [0.2, 0.25) is 5.88 Å². The largest absolute Gasteiger partial charge is 0.494 e. The van der Waals surface area contributed by atoms with Gasteiger partial charge in [-0.15, -0.1) is 0 Å². The first-order valence-electron chi connectivity index (χ1n) is 11.2. The third-order valence-corrected chi connectivity index (χ3v) is 5.33. The number of ether oxygens (including phenoxy) is 3. The maximum absolute atomic E-state index is 12.6. The van der Waals surface area contributed by atoms with Crippen LogP contribution in [0, 0.1) is 11.3 Å². The number of rotatable bonds is 12. The van der Waals surface area contributed by atoms with Crippen LogP contribution in [0.5, 0.6) is 5.75 Å². The Labute approximate surface area is 185 Å². The molecule has 1 aliphatic rings. The van der Waals surface area contributed by atoms with E-state index in [0.717, 1.165) is 17.7 Å². The summed E-state index contributed by atoms with van der Waals surface area (Å²) in [7, 11) is 0. The maximum atomic E-state index is 12.6. The van der Waals surface area contributed by atoms with Crippen molar-refractivity contribution in [1.82, 2.24) is 0 Å². The van der Waals surface area contributed by atoms with Crippen molar-refractivity contribution in [2.45, 2.75) is 71.6 Å². The molecule has 1 aliphatic heterocycles. The Hall–Kier alpha value is -2.94. The van der Waals surface area contributed by atoms with Crippen LogP contribution in [0.2, 0.25) is 0 Å². The fourth-order valence-electron chi connectivity index (χ4n) is 3.69. The molecule has 0 amide bonds. The van der Waals surface area contributed by atoms with Gasteiger partial charge in [-0.05, 0) is 38.0 Å². The van der Waals surface area contributed by atoms with Crippen LogP contribution in [0.25, 0.3) is 0 Å². The summed E-state index contributed by atoms with van der Waals surface area (Å²) in [6.45, 7) is 6.52. The van der Waals surface area contributed by atoms with E-state index in [1.807, 2.05) is 24.3 Å². The van der Waals surface area contributed by atoms with E-state index in [2.05, 4.69) is 13.0 Å². The quantitative estimate of drug-likeness (QED) is 0.352. The average molecular weight is 427 g/mol. The van der Waals surface area contributed by atoms with Gasteiger partial charge in [-0.1, -0.05) is 57.6 Å². The highest BCUT2D eigenvalue weighted by Crippen LogP contribution is 2.39. The first-order valence-corrected chi connectivity index (χ1v) is 11.2. The van der Waals surface area contributed by atoms with Gasteiger partial charge in [-0.3, -0.25) is 0 Å². The molecule has 2 rings (SSSR count). The molecule has 0 fully saturated rings. The number of carbonyl (C=O) groups is 1. The van der Waals surface area contributed by atoms with Crippen LogP contribution in [-0.4, -0.2) is 19.2 Å². The van der Waals surface area contributed by atoms with Crippen molar-refractivity contribution < 1.29 is 19.0 Å². The molecule has 1 unspecified atom stereocenters. The predicted octanol–water partition coefficient (Wildman–Crippen LogP) is 5.46. The zero-order valence-electron chi connectivity index (χ0n) is 18.9. The topological polar surface area (TPSA) is 94.6 Å². The third kappa shape index (κ3) is 6.78. The zero-order chi connectivity index (χ0) is 22.6. The molecule has 1 heterocycles. The Kier molecular flexibility index (Phi) is 9.96. The molecule has 0 radical (unpaired) electrons. The molecule has 168 valence electrons. The highest BCUT2D eigenvalue weighted by Gasteiger charge is 2.36. The Morgan fingerprint density at radius 1 is 1.10 bits per heavy atom. The SMILES string of the molecule is CCCCCCCCCOc1ccc(C2C(C#N)=C(N)OC(C)=C2C(=O)OCC)cc1. The van der Waals surface area contributed by atoms with Crippen LogP contribution in [0.3, 0.4) is 0 Å². The molecule has 0 saturated carbocycles. The molecule has 0 spiro atoms. The number of esters is 1. The van der Waals surface area contributed by atoms with Crippen LogP contribution >= 0.6 is 0 Å². The first kappa shape index (κ1) is 24.3. The Bertz CT molecular complexity index is 834. The molecule has 1 aromatic carbocycles. The van der Waals surface area contributed by atoms with Gasteiger partial charge in [0.05, 0.1) is 24.7 Å².